The van der Waals surface area contributed by atoms with E-state index in [0.29, 0.717) is 23.0 Å². The summed E-state index contributed by atoms with van der Waals surface area (Å²) in [6.45, 7) is 3.87. The SMILES string of the molecule is O=C(C1CC1)N1CCCN(Cc2ccc(Cl)cc2F)CC1. The number of hydrogen-bond acceptors (Lipinski definition) is 2. The van der Waals surface area contributed by atoms with E-state index in [2.05, 4.69) is 4.90 Å². The zero-order chi connectivity index (χ0) is 14.8. The number of hydrogen-bond donors (Lipinski definition) is 0. The molecule has 1 amide bonds. The molecule has 2 aliphatic rings. The molecule has 0 radical (unpaired) electrons. The van der Waals surface area contributed by atoms with Crippen LogP contribution < -0.4 is 0 Å². The molecule has 1 aromatic rings. The van der Waals surface area contributed by atoms with Crippen LogP contribution in [0.2, 0.25) is 5.02 Å². The van der Waals surface area contributed by atoms with Crippen molar-refractivity contribution in [2.45, 2.75) is 25.8 Å². The van der Waals surface area contributed by atoms with E-state index in [9.17, 15) is 9.18 Å². The minimum Gasteiger partial charge on any atom is -0.341 e. The Kier molecular flexibility index (Phi) is 4.45. The molecule has 3 nitrogen and oxygen atoms in total. The molecule has 2 fully saturated rings. The predicted molar refractivity (Wildman–Crippen MR) is 80.6 cm³/mol. The Labute approximate surface area is 129 Å². The van der Waals surface area contributed by atoms with Gasteiger partial charge in [0.05, 0.1) is 0 Å². The zero-order valence-electron chi connectivity index (χ0n) is 12.0. The van der Waals surface area contributed by atoms with Crippen molar-refractivity contribution in [3.8, 4) is 0 Å². The van der Waals surface area contributed by atoms with Crippen LogP contribution >= 0.6 is 11.6 Å². The Morgan fingerprint density at radius 1 is 1.24 bits per heavy atom. The predicted octanol–water partition coefficient (Wildman–Crippen LogP) is 2.92. The lowest BCUT2D eigenvalue weighted by atomic mass is 10.2. The van der Waals surface area contributed by atoms with Crippen molar-refractivity contribution >= 4 is 17.5 Å². The van der Waals surface area contributed by atoms with Crippen LogP contribution in [0.4, 0.5) is 4.39 Å². The van der Waals surface area contributed by atoms with E-state index >= 15 is 0 Å². The number of amides is 1. The molecule has 0 bridgehead atoms. The van der Waals surface area contributed by atoms with Gasteiger partial charge >= 0.3 is 0 Å². The second-order valence-corrected chi connectivity index (χ2v) is 6.40. The number of carbonyl (C=O) groups excluding carboxylic acids is 1. The van der Waals surface area contributed by atoms with Crippen LogP contribution in [-0.2, 0) is 11.3 Å². The summed E-state index contributed by atoms with van der Waals surface area (Å²) in [7, 11) is 0. The maximum absolute atomic E-state index is 13.9. The Morgan fingerprint density at radius 2 is 2.05 bits per heavy atom. The third-order valence-corrected chi connectivity index (χ3v) is 4.47. The minimum absolute atomic E-state index is 0.252. The quantitative estimate of drug-likeness (QED) is 0.857. The van der Waals surface area contributed by atoms with Gasteiger partial charge in [-0.1, -0.05) is 17.7 Å². The van der Waals surface area contributed by atoms with Crippen LogP contribution in [0.3, 0.4) is 0 Å². The normalized spacial score (nSPS) is 20.4. The molecule has 0 unspecified atom stereocenters. The average Bonchev–Trinajstić information content (AvgIpc) is 3.28. The molecule has 1 aromatic carbocycles. The second kappa shape index (κ2) is 6.32. The molecule has 21 heavy (non-hydrogen) atoms. The lowest BCUT2D eigenvalue weighted by molar-refractivity contribution is -0.132. The molecule has 5 heteroatoms. The highest BCUT2D eigenvalue weighted by Crippen LogP contribution is 2.31. The van der Waals surface area contributed by atoms with E-state index in [1.807, 2.05) is 4.90 Å². The van der Waals surface area contributed by atoms with Gasteiger partial charge in [0.15, 0.2) is 0 Å². The molecule has 0 N–H and O–H groups in total. The van der Waals surface area contributed by atoms with Gasteiger partial charge < -0.3 is 4.90 Å². The number of rotatable bonds is 3. The van der Waals surface area contributed by atoms with Gasteiger partial charge in [-0.2, -0.15) is 0 Å². The Hall–Kier alpha value is -1.13. The third-order valence-electron chi connectivity index (χ3n) is 4.24. The molecule has 0 aromatic heterocycles. The topological polar surface area (TPSA) is 23.6 Å². The Morgan fingerprint density at radius 3 is 2.76 bits per heavy atom. The van der Waals surface area contributed by atoms with Gasteiger partial charge in [0.2, 0.25) is 5.91 Å². The molecule has 1 saturated heterocycles. The van der Waals surface area contributed by atoms with Crippen molar-refractivity contribution in [1.82, 2.24) is 9.80 Å². The van der Waals surface area contributed by atoms with Gasteiger partial charge in [-0.25, -0.2) is 4.39 Å². The van der Waals surface area contributed by atoms with E-state index in [-0.39, 0.29) is 11.7 Å². The maximum Gasteiger partial charge on any atom is 0.225 e. The van der Waals surface area contributed by atoms with E-state index in [1.165, 1.54) is 6.07 Å². The molecule has 1 saturated carbocycles. The van der Waals surface area contributed by atoms with Crippen LogP contribution in [0.25, 0.3) is 0 Å². The van der Waals surface area contributed by atoms with Crippen molar-refractivity contribution in [2.24, 2.45) is 5.92 Å². The van der Waals surface area contributed by atoms with E-state index < -0.39 is 0 Å². The summed E-state index contributed by atoms with van der Waals surface area (Å²) in [6.07, 6.45) is 3.05. The molecule has 3 rings (SSSR count). The summed E-state index contributed by atoms with van der Waals surface area (Å²) in [6, 6.07) is 4.83. The summed E-state index contributed by atoms with van der Waals surface area (Å²) >= 11 is 5.78. The van der Waals surface area contributed by atoms with E-state index in [0.717, 1.165) is 45.4 Å². The van der Waals surface area contributed by atoms with Gasteiger partial charge in [0.1, 0.15) is 5.82 Å². The van der Waals surface area contributed by atoms with Crippen molar-refractivity contribution < 1.29 is 9.18 Å². The van der Waals surface area contributed by atoms with Gasteiger partial charge in [-0.05, 0) is 31.4 Å². The van der Waals surface area contributed by atoms with Gasteiger partial charge in [-0.15, -0.1) is 0 Å². The van der Waals surface area contributed by atoms with Crippen LogP contribution in [0.15, 0.2) is 18.2 Å². The molecule has 1 aliphatic carbocycles. The zero-order valence-corrected chi connectivity index (χ0v) is 12.8. The largest absolute Gasteiger partial charge is 0.341 e. The van der Waals surface area contributed by atoms with Crippen LogP contribution in [0, 0.1) is 11.7 Å². The third kappa shape index (κ3) is 3.74. The first-order chi connectivity index (χ1) is 10.1. The number of nitrogens with zero attached hydrogens (tertiary/aromatic N) is 2. The van der Waals surface area contributed by atoms with Crippen LogP contribution in [-0.4, -0.2) is 41.9 Å². The van der Waals surface area contributed by atoms with Gasteiger partial charge in [-0.3, -0.25) is 9.69 Å². The first kappa shape index (κ1) is 14.8. The highest BCUT2D eigenvalue weighted by atomic mass is 35.5. The van der Waals surface area contributed by atoms with Crippen molar-refractivity contribution in [3.63, 3.8) is 0 Å². The minimum atomic E-state index is -0.252. The molecular formula is C16H20ClFN2O. The number of carbonyl (C=O) groups is 1. The average molecular weight is 311 g/mol. The summed E-state index contributed by atoms with van der Waals surface area (Å²) in [5, 5.41) is 0.424. The molecule has 1 heterocycles. The monoisotopic (exact) mass is 310 g/mol. The molecular weight excluding hydrogens is 291 g/mol. The van der Waals surface area contributed by atoms with E-state index in [1.54, 1.807) is 12.1 Å². The van der Waals surface area contributed by atoms with Crippen molar-refractivity contribution in [2.75, 3.05) is 26.2 Å². The summed E-state index contributed by atoms with van der Waals surface area (Å²) in [5.74, 6) is 0.345. The fourth-order valence-corrected chi connectivity index (χ4v) is 2.99. The highest BCUT2D eigenvalue weighted by molar-refractivity contribution is 6.30. The lowest BCUT2D eigenvalue weighted by Crippen LogP contribution is -2.36. The molecule has 0 spiro atoms. The molecule has 1 aliphatic heterocycles. The smallest absolute Gasteiger partial charge is 0.225 e. The standard InChI is InChI=1S/C16H20ClFN2O/c17-14-5-4-13(15(18)10-14)11-19-6-1-7-20(9-8-19)16(21)12-2-3-12/h4-5,10,12H,1-3,6-9,11H2. The first-order valence-corrected chi connectivity index (χ1v) is 7.96. The highest BCUT2D eigenvalue weighted by Gasteiger charge is 2.33. The van der Waals surface area contributed by atoms with Crippen molar-refractivity contribution in [1.29, 1.82) is 0 Å². The maximum atomic E-state index is 13.9. The molecule has 0 atom stereocenters. The Balaban J connectivity index is 1.58. The first-order valence-electron chi connectivity index (χ1n) is 7.58. The lowest BCUT2D eigenvalue weighted by Gasteiger charge is -2.22. The fraction of sp³-hybridized carbons (Fsp3) is 0.562. The van der Waals surface area contributed by atoms with Crippen LogP contribution in [0.1, 0.15) is 24.8 Å². The molecule has 114 valence electrons. The number of benzene rings is 1. The summed E-state index contributed by atoms with van der Waals surface area (Å²) < 4.78 is 13.9. The van der Waals surface area contributed by atoms with Crippen molar-refractivity contribution in [3.05, 3.63) is 34.6 Å². The van der Waals surface area contributed by atoms with Gasteiger partial charge in [0, 0.05) is 49.2 Å². The summed E-state index contributed by atoms with van der Waals surface area (Å²) in [4.78, 5) is 16.3. The summed E-state index contributed by atoms with van der Waals surface area (Å²) in [5.41, 5.74) is 0.668. The Bertz CT molecular complexity index is 533. The second-order valence-electron chi connectivity index (χ2n) is 5.96. The van der Waals surface area contributed by atoms with Gasteiger partial charge in [0.25, 0.3) is 0 Å². The fourth-order valence-electron chi connectivity index (χ4n) is 2.83. The van der Waals surface area contributed by atoms with Crippen LogP contribution in [0.5, 0.6) is 0 Å². The number of halogens is 2. The van der Waals surface area contributed by atoms with E-state index in [4.69, 9.17) is 11.6 Å².